The zero-order chi connectivity index (χ0) is 31.2. The largest absolute Gasteiger partial charge is 0.436 e. The lowest BCUT2D eigenvalue weighted by molar-refractivity contribution is 0.620. The molecule has 9 rings (SSSR count). The monoisotopic (exact) mass is 603 g/mol. The standard InChI is InChI=1S/C43H29N3O/c1-3-12-30(13-4-1)36-18-11-21-41-42(36)44-43(47-41)31-22-24-33(25-23-31)45(32-14-5-2-6-15-32)34-26-28-35(29-27-34)46-39-19-9-7-16-37(39)38-17-8-10-20-40(38)46/h1-29H. The molecule has 2 aromatic heterocycles. The van der Waals surface area contributed by atoms with Crippen molar-refractivity contribution in [3.63, 3.8) is 0 Å². The number of nitrogens with zero attached hydrogens (tertiary/aromatic N) is 3. The van der Waals surface area contributed by atoms with Gasteiger partial charge in [-0.2, -0.15) is 0 Å². The Kier molecular flexibility index (Phi) is 6.43. The second kappa shape index (κ2) is 11.2. The molecule has 4 nitrogen and oxygen atoms in total. The maximum absolute atomic E-state index is 6.27. The van der Waals surface area contributed by atoms with Crippen LogP contribution in [0, 0.1) is 0 Å². The van der Waals surface area contributed by atoms with Crippen molar-refractivity contribution in [2.24, 2.45) is 0 Å². The second-order valence-electron chi connectivity index (χ2n) is 11.6. The van der Waals surface area contributed by atoms with E-state index in [-0.39, 0.29) is 0 Å². The highest BCUT2D eigenvalue weighted by atomic mass is 16.3. The molecule has 47 heavy (non-hydrogen) atoms. The molecule has 0 spiro atoms. The first-order chi connectivity index (χ1) is 23.3. The third-order valence-corrected chi connectivity index (χ3v) is 8.84. The van der Waals surface area contributed by atoms with E-state index in [2.05, 4.69) is 149 Å². The minimum atomic E-state index is 0.608. The number of hydrogen-bond donors (Lipinski definition) is 0. The third kappa shape index (κ3) is 4.66. The SMILES string of the molecule is c1ccc(-c2cccc3oc(-c4ccc(N(c5ccccc5)c5ccc(-n6c7ccccc7c7ccccc76)cc5)cc4)nc23)cc1. The smallest absolute Gasteiger partial charge is 0.227 e. The molecule has 0 radical (unpaired) electrons. The van der Waals surface area contributed by atoms with Gasteiger partial charge in [-0.25, -0.2) is 4.98 Å². The topological polar surface area (TPSA) is 34.2 Å². The number of fused-ring (bicyclic) bond motifs is 4. The molecule has 222 valence electrons. The van der Waals surface area contributed by atoms with Gasteiger partial charge < -0.3 is 13.9 Å². The fourth-order valence-electron chi connectivity index (χ4n) is 6.65. The molecule has 0 aliphatic rings. The first-order valence-corrected chi connectivity index (χ1v) is 15.8. The van der Waals surface area contributed by atoms with Crippen LogP contribution in [-0.2, 0) is 0 Å². The van der Waals surface area contributed by atoms with Crippen molar-refractivity contribution in [3.05, 3.63) is 176 Å². The summed E-state index contributed by atoms with van der Waals surface area (Å²) in [6, 6.07) is 61.4. The molecule has 0 N–H and O–H groups in total. The molecule has 0 atom stereocenters. The predicted octanol–water partition coefficient (Wildman–Crippen LogP) is 11.7. The van der Waals surface area contributed by atoms with Crippen LogP contribution in [0.25, 0.3) is 61.2 Å². The van der Waals surface area contributed by atoms with Crippen molar-refractivity contribution in [1.29, 1.82) is 0 Å². The van der Waals surface area contributed by atoms with Crippen LogP contribution in [0.3, 0.4) is 0 Å². The minimum Gasteiger partial charge on any atom is -0.436 e. The van der Waals surface area contributed by atoms with E-state index in [0.29, 0.717) is 5.89 Å². The summed E-state index contributed by atoms with van der Waals surface area (Å²) >= 11 is 0. The van der Waals surface area contributed by atoms with Gasteiger partial charge in [0.05, 0.1) is 11.0 Å². The molecule has 0 fully saturated rings. The molecule has 0 amide bonds. The van der Waals surface area contributed by atoms with Gasteiger partial charge in [0.1, 0.15) is 5.52 Å². The van der Waals surface area contributed by atoms with Crippen LogP contribution < -0.4 is 4.90 Å². The van der Waals surface area contributed by atoms with Gasteiger partial charge in [-0.1, -0.05) is 97.1 Å². The number of benzene rings is 7. The van der Waals surface area contributed by atoms with E-state index in [1.807, 2.05) is 36.4 Å². The van der Waals surface area contributed by atoms with Crippen LogP contribution in [0.5, 0.6) is 0 Å². The van der Waals surface area contributed by atoms with Gasteiger partial charge in [0.15, 0.2) is 5.58 Å². The van der Waals surface area contributed by atoms with Crippen molar-refractivity contribution < 1.29 is 4.42 Å². The Balaban J connectivity index is 1.09. The molecule has 2 heterocycles. The van der Waals surface area contributed by atoms with Crippen molar-refractivity contribution in [3.8, 4) is 28.3 Å². The maximum Gasteiger partial charge on any atom is 0.227 e. The van der Waals surface area contributed by atoms with Gasteiger partial charge in [-0.15, -0.1) is 0 Å². The Morgan fingerprint density at radius 3 is 1.66 bits per heavy atom. The van der Waals surface area contributed by atoms with Crippen LogP contribution in [0.2, 0.25) is 0 Å². The first kappa shape index (κ1) is 27.0. The molecule has 7 aromatic carbocycles. The van der Waals surface area contributed by atoms with Gasteiger partial charge in [-0.3, -0.25) is 0 Å². The van der Waals surface area contributed by atoms with Gasteiger partial charge in [0, 0.05) is 44.6 Å². The molecular formula is C43H29N3O. The van der Waals surface area contributed by atoms with E-state index in [9.17, 15) is 0 Å². The van der Waals surface area contributed by atoms with Gasteiger partial charge >= 0.3 is 0 Å². The molecule has 4 heteroatoms. The number of hydrogen-bond acceptors (Lipinski definition) is 3. The van der Waals surface area contributed by atoms with E-state index in [1.54, 1.807) is 0 Å². The van der Waals surface area contributed by atoms with Crippen LogP contribution >= 0.6 is 0 Å². The van der Waals surface area contributed by atoms with Crippen LogP contribution in [-0.4, -0.2) is 9.55 Å². The zero-order valence-corrected chi connectivity index (χ0v) is 25.5. The van der Waals surface area contributed by atoms with E-state index in [4.69, 9.17) is 9.40 Å². The summed E-state index contributed by atoms with van der Waals surface area (Å²) in [4.78, 5) is 7.22. The minimum absolute atomic E-state index is 0.608. The van der Waals surface area contributed by atoms with Crippen molar-refractivity contribution in [2.45, 2.75) is 0 Å². The summed E-state index contributed by atoms with van der Waals surface area (Å²) in [6.45, 7) is 0. The molecular weight excluding hydrogens is 574 g/mol. The Labute approximate surface area is 272 Å². The molecule has 0 bridgehead atoms. The lowest BCUT2D eigenvalue weighted by Gasteiger charge is -2.26. The molecule has 0 aliphatic carbocycles. The fourth-order valence-corrected chi connectivity index (χ4v) is 6.65. The van der Waals surface area contributed by atoms with E-state index in [1.165, 1.54) is 21.8 Å². The number of anilines is 3. The lowest BCUT2D eigenvalue weighted by atomic mass is 10.0. The summed E-state index contributed by atoms with van der Waals surface area (Å²) in [7, 11) is 0. The first-order valence-electron chi connectivity index (χ1n) is 15.8. The molecule has 0 unspecified atom stereocenters. The van der Waals surface area contributed by atoms with Crippen LogP contribution in [0.1, 0.15) is 0 Å². The van der Waals surface area contributed by atoms with Crippen molar-refractivity contribution in [2.75, 3.05) is 4.90 Å². The van der Waals surface area contributed by atoms with Gasteiger partial charge in [0.25, 0.3) is 0 Å². The third-order valence-electron chi connectivity index (χ3n) is 8.84. The highest BCUT2D eigenvalue weighted by Gasteiger charge is 2.17. The van der Waals surface area contributed by atoms with E-state index >= 15 is 0 Å². The number of rotatable bonds is 6. The Morgan fingerprint density at radius 2 is 1.00 bits per heavy atom. The highest BCUT2D eigenvalue weighted by Crippen LogP contribution is 2.38. The Morgan fingerprint density at radius 1 is 0.447 bits per heavy atom. The lowest BCUT2D eigenvalue weighted by Crippen LogP contribution is -2.10. The van der Waals surface area contributed by atoms with Crippen molar-refractivity contribution in [1.82, 2.24) is 9.55 Å². The normalized spacial score (nSPS) is 11.4. The summed E-state index contributed by atoms with van der Waals surface area (Å²) < 4.78 is 8.62. The van der Waals surface area contributed by atoms with Crippen LogP contribution in [0.4, 0.5) is 17.1 Å². The summed E-state index contributed by atoms with van der Waals surface area (Å²) in [5.41, 5.74) is 11.5. The average molecular weight is 604 g/mol. The quantitative estimate of drug-likeness (QED) is 0.190. The highest BCUT2D eigenvalue weighted by molar-refractivity contribution is 6.09. The zero-order valence-electron chi connectivity index (χ0n) is 25.5. The predicted molar refractivity (Wildman–Crippen MR) is 194 cm³/mol. The fraction of sp³-hybridized carbons (Fsp3) is 0. The second-order valence-corrected chi connectivity index (χ2v) is 11.6. The summed E-state index contributed by atoms with van der Waals surface area (Å²) in [5.74, 6) is 0.608. The number of aromatic nitrogens is 2. The molecule has 9 aromatic rings. The Bertz CT molecular complexity index is 2440. The van der Waals surface area contributed by atoms with Crippen molar-refractivity contribution >= 4 is 50.0 Å². The van der Waals surface area contributed by atoms with Crippen LogP contribution in [0.15, 0.2) is 180 Å². The molecule has 0 aliphatic heterocycles. The summed E-state index contributed by atoms with van der Waals surface area (Å²) in [6.07, 6.45) is 0. The van der Waals surface area contributed by atoms with Gasteiger partial charge in [-0.05, 0) is 84.4 Å². The maximum atomic E-state index is 6.27. The summed E-state index contributed by atoms with van der Waals surface area (Å²) in [5, 5.41) is 2.52. The Hall–Kier alpha value is -6.39. The van der Waals surface area contributed by atoms with E-state index < -0.39 is 0 Å². The number of para-hydroxylation sites is 4. The van der Waals surface area contributed by atoms with Gasteiger partial charge in [0.2, 0.25) is 5.89 Å². The van der Waals surface area contributed by atoms with E-state index in [0.717, 1.165) is 50.5 Å². The average Bonchev–Trinajstić information content (AvgIpc) is 3.73. The molecule has 0 saturated heterocycles. The number of oxazole rings is 1. The molecule has 0 saturated carbocycles.